The van der Waals surface area contributed by atoms with Crippen LogP contribution in [0.3, 0.4) is 0 Å². The lowest BCUT2D eigenvalue weighted by atomic mass is 10.1. The van der Waals surface area contributed by atoms with Crippen LogP contribution in [0.25, 0.3) is 0 Å². The third kappa shape index (κ3) is 3.60. The minimum Gasteiger partial charge on any atom is -0.478 e. The van der Waals surface area contributed by atoms with E-state index < -0.39 is 40.5 Å². The maximum absolute atomic E-state index is 13.8. The van der Waals surface area contributed by atoms with E-state index in [1.54, 1.807) is 0 Å². The van der Waals surface area contributed by atoms with Gasteiger partial charge < -0.3 is 5.11 Å². The van der Waals surface area contributed by atoms with Crippen LogP contribution in [-0.4, -0.2) is 35.3 Å². The summed E-state index contributed by atoms with van der Waals surface area (Å²) in [7, 11) is 1.19. The van der Waals surface area contributed by atoms with Crippen LogP contribution in [0.15, 0.2) is 41.5 Å². The van der Waals surface area contributed by atoms with Gasteiger partial charge in [-0.25, -0.2) is 23.0 Å². The minimum atomic E-state index is -1.48. The summed E-state index contributed by atoms with van der Waals surface area (Å²) in [5.74, 6) is -5.35. The summed E-state index contributed by atoms with van der Waals surface area (Å²) in [5, 5.41) is 13.0. The first-order valence-corrected chi connectivity index (χ1v) is 6.60. The number of hydrogen-bond acceptors (Lipinski definition) is 3. The third-order valence-electron chi connectivity index (χ3n) is 3.08. The standard InChI is InChI=1S/C16H11F3N2O3/c1-21(15(22)10-4-2-3-5-12(10)17)20-8-11-13(18)6-9(16(23)24)7-14(11)19/h2-8H,1H3,(H,23,24)/b20-8+. The van der Waals surface area contributed by atoms with E-state index in [4.69, 9.17) is 5.11 Å². The first kappa shape index (κ1) is 17.2. The van der Waals surface area contributed by atoms with Crippen molar-refractivity contribution in [1.29, 1.82) is 0 Å². The van der Waals surface area contributed by atoms with Crippen LogP contribution in [0.5, 0.6) is 0 Å². The molecule has 2 aromatic rings. The van der Waals surface area contributed by atoms with E-state index in [0.29, 0.717) is 17.1 Å². The van der Waals surface area contributed by atoms with Crippen molar-refractivity contribution in [2.45, 2.75) is 0 Å². The zero-order chi connectivity index (χ0) is 17.9. The minimum absolute atomic E-state index is 0.251. The number of carbonyl (C=O) groups is 2. The highest BCUT2D eigenvalue weighted by Crippen LogP contribution is 2.15. The Morgan fingerprint density at radius 3 is 2.21 bits per heavy atom. The second-order valence-electron chi connectivity index (χ2n) is 4.71. The van der Waals surface area contributed by atoms with Crippen molar-refractivity contribution in [2.75, 3.05) is 7.05 Å². The van der Waals surface area contributed by atoms with E-state index in [1.807, 2.05) is 0 Å². The molecule has 2 rings (SSSR count). The normalized spacial score (nSPS) is 10.8. The number of hydrazone groups is 1. The molecule has 0 aromatic heterocycles. The van der Waals surface area contributed by atoms with E-state index in [9.17, 15) is 22.8 Å². The van der Waals surface area contributed by atoms with E-state index in [-0.39, 0.29) is 5.56 Å². The largest absolute Gasteiger partial charge is 0.478 e. The van der Waals surface area contributed by atoms with E-state index in [1.165, 1.54) is 25.2 Å². The third-order valence-corrected chi connectivity index (χ3v) is 3.08. The fraction of sp³-hybridized carbons (Fsp3) is 0.0625. The van der Waals surface area contributed by atoms with Gasteiger partial charge in [0, 0.05) is 7.05 Å². The molecule has 124 valence electrons. The number of benzene rings is 2. The van der Waals surface area contributed by atoms with Crippen molar-refractivity contribution in [3.63, 3.8) is 0 Å². The molecule has 0 spiro atoms. The molecule has 5 nitrogen and oxygen atoms in total. The molecular weight excluding hydrogens is 325 g/mol. The van der Waals surface area contributed by atoms with Crippen molar-refractivity contribution in [3.8, 4) is 0 Å². The Hall–Kier alpha value is -3.16. The van der Waals surface area contributed by atoms with Gasteiger partial charge in [0.2, 0.25) is 0 Å². The summed E-state index contributed by atoms with van der Waals surface area (Å²) >= 11 is 0. The van der Waals surface area contributed by atoms with Crippen LogP contribution >= 0.6 is 0 Å². The summed E-state index contributed by atoms with van der Waals surface area (Å²) in [6, 6.07) is 6.46. The number of carboxylic acids is 1. The number of carbonyl (C=O) groups excluding carboxylic acids is 1. The molecule has 0 unspecified atom stereocenters. The summed E-state index contributed by atoms with van der Waals surface area (Å²) < 4.78 is 41.0. The smallest absolute Gasteiger partial charge is 0.335 e. The monoisotopic (exact) mass is 336 g/mol. The summed E-state index contributed by atoms with van der Waals surface area (Å²) in [5.41, 5.74) is -1.43. The predicted molar refractivity (Wildman–Crippen MR) is 79.4 cm³/mol. The average Bonchev–Trinajstić information content (AvgIpc) is 2.53. The average molecular weight is 336 g/mol. The van der Waals surface area contributed by atoms with Crippen LogP contribution in [0.4, 0.5) is 13.2 Å². The van der Waals surface area contributed by atoms with Gasteiger partial charge in [0.1, 0.15) is 17.5 Å². The molecule has 0 aliphatic carbocycles. The molecule has 0 heterocycles. The number of amides is 1. The topological polar surface area (TPSA) is 70.0 Å². The van der Waals surface area contributed by atoms with Crippen molar-refractivity contribution in [3.05, 3.63) is 70.5 Å². The van der Waals surface area contributed by atoms with Crippen molar-refractivity contribution in [1.82, 2.24) is 5.01 Å². The molecule has 0 aliphatic rings. The molecule has 24 heavy (non-hydrogen) atoms. The Kier molecular flexibility index (Phi) is 4.98. The van der Waals surface area contributed by atoms with Crippen molar-refractivity contribution < 1.29 is 27.9 Å². The highest BCUT2D eigenvalue weighted by Gasteiger charge is 2.16. The van der Waals surface area contributed by atoms with Gasteiger partial charge in [0.15, 0.2) is 0 Å². The van der Waals surface area contributed by atoms with Gasteiger partial charge in [-0.15, -0.1) is 0 Å². The molecule has 1 amide bonds. The van der Waals surface area contributed by atoms with Gasteiger partial charge in [-0.2, -0.15) is 5.10 Å². The molecule has 0 fully saturated rings. The molecule has 0 bridgehead atoms. The summed E-state index contributed by atoms with van der Waals surface area (Å²) in [6.45, 7) is 0. The Balaban J connectivity index is 2.26. The van der Waals surface area contributed by atoms with E-state index in [2.05, 4.69) is 5.10 Å². The van der Waals surface area contributed by atoms with Gasteiger partial charge in [-0.1, -0.05) is 12.1 Å². The van der Waals surface area contributed by atoms with Crippen molar-refractivity contribution in [2.24, 2.45) is 5.10 Å². The van der Waals surface area contributed by atoms with E-state index >= 15 is 0 Å². The van der Waals surface area contributed by atoms with Crippen molar-refractivity contribution >= 4 is 18.1 Å². The second kappa shape index (κ2) is 6.95. The SMILES string of the molecule is CN(/N=C/c1c(F)cc(C(=O)O)cc1F)C(=O)c1ccccc1F. The number of hydrogen-bond donors (Lipinski definition) is 1. The predicted octanol–water partition coefficient (Wildman–Crippen LogP) is 2.91. The Labute approximate surface area is 134 Å². The van der Waals surface area contributed by atoms with Gasteiger partial charge in [-0.3, -0.25) is 4.79 Å². The number of aromatic carboxylic acids is 1. The van der Waals surface area contributed by atoms with Crippen LogP contribution in [-0.2, 0) is 0 Å². The Morgan fingerprint density at radius 2 is 1.67 bits per heavy atom. The highest BCUT2D eigenvalue weighted by molar-refractivity contribution is 5.95. The van der Waals surface area contributed by atoms with Crippen LogP contribution < -0.4 is 0 Å². The Bertz CT molecular complexity index is 814. The number of halogens is 3. The van der Waals surface area contributed by atoms with E-state index in [0.717, 1.165) is 12.3 Å². The van der Waals surface area contributed by atoms with Crippen LogP contribution in [0.1, 0.15) is 26.3 Å². The first-order chi connectivity index (χ1) is 11.3. The number of carboxylic acid groups (broad SMARTS) is 1. The molecule has 0 radical (unpaired) electrons. The van der Waals surface area contributed by atoms with Gasteiger partial charge in [0.25, 0.3) is 5.91 Å². The van der Waals surface area contributed by atoms with Crippen LogP contribution in [0, 0.1) is 17.5 Å². The molecule has 2 aromatic carbocycles. The molecule has 0 aliphatic heterocycles. The van der Waals surface area contributed by atoms with Crippen LogP contribution in [0.2, 0.25) is 0 Å². The van der Waals surface area contributed by atoms with Gasteiger partial charge >= 0.3 is 5.97 Å². The van der Waals surface area contributed by atoms with Gasteiger partial charge in [-0.05, 0) is 24.3 Å². The quantitative estimate of drug-likeness (QED) is 0.689. The maximum atomic E-state index is 13.8. The first-order valence-electron chi connectivity index (χ1n) is 6.60. The lowest BCUT2D eigenvalue weighted by molar-refractivity contribution is 0.0695. The fourth-order valence-electron chi connectivity index (χ4n) is 1.84. The second-order valence-corrected chi connectivity index (χ2v) is 4.71. The summed E-state index contributed by atoms with van der Waals surface area (Å²) in [6.07, 6.45) is 0.717. The number of nitrogens with zero attached hydrogens (tertiary/aromatic N) is 2. The summed E-state index contributed by atoms with van der Waals surface area (Å²) in [4.78, 5) is 22.7. The Morgan fingerprint density at radius 1 is 1.08 bits per heavy atom. The number of rotatable bonds is 4. The lowest BCUT2D eigenvalue weighted by Gasteiger charge is -2.11. The molecule has 8 heteroatoms. The molecule has 1 N–H and O–H groups in total. The molecule has 0 saturated heterocycles. The molecule has 0 saturated carbocycles. The zero-order valence-corrected chi connectivity index (χ0v) is 12.3. The highest BCUT2D eigenvalue weighted by atomic mass is 19.1. The van der Waals surface area contributed by atoms with Gasteiger partial charge in [0.05, 0.1) is 22.9 Å². The lowest BCUT2D eigenvalue weighted by Crippen LogP contribution is -2.22. The maximum Gasteiger partial charge on any atom is 0.335 e. The fourth-order valence-corrected chi connectivity index (χ4v) is 1.84. The molecular formula is C16H11F3N2O3. The molecule has 0 atom stereocenters. The zero-order valence-electron chi connectivity index (χ0n) is 12.3.